The van der Waals surface area contributed by atoms with Crippen LogP contribution >= 0.6 is 0 Å². The van der Waals surface area contributed by atoms with Gasteiger partial charge in [-0.2, -0.15) is 10.1 Å². The minimum atomic E-state index is -0.160. The first-order chi connectivity index (χ1) is 13.3. The Morgan fingerprint density at radius 2 is 2.37 bits per heavy atom. The summed E-state index contributed by atoms with van der Waals surface area (Å²) in [5.74, 6) is 1.06. The third-order valence-electron chi connectivity index (χ3n) is 4.51. The summed E-state index contributed by atoms with van der Waals surface area (Å²) < 4.78 is 6.83. The lowest BCUT2D eigenvalue weighted by Crippen LogP contribution is -2.29. The fourth-order valence-corrected chi connectivity index (χ4v) is 3.10. The van der Waals surface area contributed by atoms with Crippen LogP contribution in [0.1, 0.15) is 30.3 Å². The molecule has 0 spiro atoms. The van der Waals surface area contributed by atoms with Crippen molar-refractivity contribution in [2.24, 2.45) is 0 Å². The molecular formula is C18H21N7O2. The van der Waals surface area contributed by atoms with E-state index in [0.29, 0.717) is 17.6 Å². The first kappa shape index (κ1) is 17.3. The number of hydrogen-bond acceptors (Lipinski definition) is 7. The van der Waals surface area contributed by atoms with Crippen LogP contribution in [0.4, 0.5) is 0 Å². The molecule has 1 unspecified atom stereocenters. The van der Waals surface area contributed by atoms with Crippen LogP contribution in [0.15, 0.2) is 41.3 Å². The number of aromatic nitrogens is 5. The fourth-order valence-electron chi connectivity index (χ4n) is 3.10. The zero-order chi connectivity index (χ0) is 18.5. The molecule has 3 aromatic rings. The van der Waals surface area contributed by atoms with Gasteiger partial charge in [-0.25, -0.2) is 0 Å². The smallest absolute Gasteiger partial charge is 0.246 e. The van der Waals surface area contributed by atoms with Gasteiger partial charge in [0.25, 0.3) is 0 Å². The first-order valence-corrected chi connectivity index (χ1v) is 9.02. The maximum atomic E-state index is 12.2. The molecule has 1 aliphatic heterocycles. The predicted octanol–water partition coefficient (Wildman–Crippen LogP) is 1.11. The fraction of sp³-hybridized carbons (Fsp3) is 0.389. The van der Waals surface area contributed by atoms with Gasteiger partial charge < -0.3 is 15.2 Å². The lowest BCUT2D eigenvalue weighted by Gasteiger charge is -2.20. The maximum Gasteiger partial charge on any atom is 0.246 e. The Morgan fingerprint density at radius 1 is 1.41 bits per heavy atom. The quantitative estimate of drug-likeness (QED) is 0.671. The normalized spacial score (nSPS) is 17.0. The monoisotopic (exact) mass is 367 g/mol. The van der Waals surface area contributed by atoms with Crippen LogP contribution in [0, 0.1) is 0 Å². The molecule has 0 aliphatic carbocycles. The molecule has 0 saturated carbocycles. The standard InChI is InChI=1S/C18H21N7O2/c26-16(12-25-8-5-15(23-25)13-3-1-6-19-9-13)21-11-17-22-18(24-27-17)14-4-2-7-20-10-14/h2,4-5,7-8,10,13,19H,1,3,6,9,11-12H2,(H,21,26). The molecule has 9 heteroatoms. The Morgan fingerprint density at radius 3 is 3.19 bits per heavy atom. The maximum absolute atomic E-state index is 12.2. The van der Waals surface area contributed by atoms with Crippen molar-refractivity contribution in [1.29, 1.82) is 0 Å². The highest BCUT2D eigenvalue weighted by molar-refractivity contribution is 5.75. The minimum absolute atomic E-state index is 0.156. The zero-order valence-electron chi connectivity index (χ0n) is 14.8. The van der Waals surface area contributed by atoms with Gasteiger partial charge in [0.05, 0.1) is 12.2 Å². The molecule has 3 aromatic heterocycles. The highest BCUT2D eigenvalue weighted by Gasteiger charge is 2.18. The van der Waals surface area contributed by atoms with Gasteiger partial charge in [0, 0.05) is 36.6 Å². The molecule has 0 bridgehead atoms. The molecule has 140 valence electrons. The van der Waals surface area contributed by atoms with Crippen molar-refractivity contribution in [3.63, 3.8) is 0 Å². The average Bonchev–Trinajstić information content (AvgIpc) is 3.37. The number of pyridine rings is 1. The van der Waals surface area contributed by atoms with Crippen LogP contribution in [0.5, 0.6) is 0 Å². The second-order valence-electron chi connectivity index (χ2n) is 6.51. The summed E-state index contributed by atoms with van der Waals surface area (Å²) in [5.41, 5.74) is 1.80. The summed E-state index contributed by atoms with van der Waals surface area (Å²) in [6, 6.07) is 5.63. The van der Waals surface area contributed by atoms with Gasteiger partial charge in [-0.15, -0.1) is 0 Å². The van der Waals surface area contributed by atoms with Crippen molar-refractivity contribution in [1.82, 2.24) is 35.5 Å². The van der Waals surface area contributed by atoms with Gasteiger partial charge in [-0.3, -0.25) is 14.5 Å². The van der Waals surface area contributed by atoms with Crippen molar-refractivity contribution < 1.29 is 9.32 Å². The highest BCUT2D eigenvalue weighted by Crippen LogP contribution is 2.21. The van der Waals surface area contributed by atoms with Gasteiger partial charge in [0.2, 0.25) is 17.6 Å². The Kier molecular flexibility index (Phi) is 5.20. The summed E-state index contributed by atoms with van der Waals surface area (Å²) in [5, 5.41) is 14.6. The van der Waals surface area contributed by atoms with Gasteiger partial charge >= 0.3 is 0 Å². The van der Waals surface area contributed by atoms with E-state index in [9.17, 15) is 4.79 Å². The second-order valence-corrected chi connectivity index (χ2v) is 6.51. The van der Waals surface area contributed by atoms with Crippen LogP contribution in [-0.2, 0) is 17.9 Å². The van der Waals surface area contributed by atoms with Gasteiger partial charge in [-0.1, -0.05) is 5.16 Å². The second kappa shape index (κ2) is 8.09. The van der Waals surface area contributed by atoms with Crippen molar-refractivity contribution in [2.75, 3.05) is 13.1 Å². The summed E-state index contributed by atoms with van der Waals surface area (Å²) in [7, 11) is 0. The van der Waals surface area contributed by atoms with E-state index in [2.05, 4.69) is 30.9 Å². The molecule has 27 heavy (non-hydrogen) atoms. The highest BCUT2D eigenvalue weighted by atomic mass is 16.5. The van der Waals surface area contributed by atoms with Gasteiger partial charge in [0.1, 0.15) is 6.54 Å². The third-order valence-corrected chi connectivity index (χ3v) is 4.51. The van der Waals surface area contributed by atoms with E-state index in [1.54, 1.807) is 23.1 Å². The summed E-state index contributed by atoms with van der Waals surface area (Å²) in [4.78, 5) is 20.4. The Labute approximate surface area is 156 Å². The first-order valence-electron chi connectivity index (χ1n) is 9.02. The van der Waals surface area contributed by atoms with Gasteiger partial charge in [-0.05, 0) is 37.6 Å². The molecule has 9 nitrogen and oxygen atoms in total. The van der Waals surface area contributed by atoms with Gasteiger partial charge in [0.15, 0.2) is 0 Å². The largest absolute Gasteiger partial charge is 0.345 e. The Hall–Kier alpha value is -3.07. The number of nitrogens with zero attached hydrogens (tertiary/aromatic N) is 5. The van der Waals surface area contributed by atoms with E-state index in [4.69, 9.17) is 4.52 Å². The molecule has 1 saturated heterocycles. The molecule has 2 N–H and O–H groups in total. The molecule has 0 aromatic carbocycles. The number of carbonyl (C=O) groups excluding carboxylic acids is 1. The number of rotatable bonds is 6. The van der Waals surface area contributed by atoms with Crippen molar-refractivity contribution in [2.45, 2.75) is 31.8 Å². The Balaban J connectivity index is 1.29. The predicted molar refractivity (Wildman–Crippen MR) is 96.4 cm³/mol. The number of carbonyl (C=O) groups is 1. The molecule has 0 radical (unpaired) electrons. The summed E-state index contributed by atoms with van der Waals surface area (Å²) in [6.45, 7) is 2.34. The van der Waals surface area contributed by atoms with Crippen LogP contribution in [0.25, 0.3) is 11.4 Å². The Bertz CT molecular complexity index is 884. The van der Waals surface area contributed by atoms with Crippen molar-refractivity contribution in [3.8, 4) is 11.4 Å². The third kappa shape index (κ3) is 4.37. The zero-order valence-corrected chi connectivity index (χ0v) is 14.8. The SMILES string of the molecule is O=C(Cn1ccc(C2CCCNC2)n1)NCc1nc(-c2cccnc2)no1. The van der Waals surface area contributed by atoms with E-state index in [0.717, 1.165) is 37.2 Å². The number of nitrogens with one attached hydrogen (secondary N) is 2. The van der Waals surface area contributed by atoms with E-state index in [1.165, 1.54) is 0 Å². The molecule has 4 rings (SSSR count). The van der Waals surface area contributed by atoms with Crippen LogP contribution < -0.4 is 10.6 Å². The van der Waals surface area contributed by atoms with E-state index in [1.807, 2.05) is 18.3 Å². The molecular weight excluding hydrogens is 346 g/mol. The van der Waals surface area contributed by atoms with E-state index < -0.39 is 0 Å². The summed E-state index contributed by atoms with van der Waals surface area (Å²) >= 11 is 0. The topological polar surface area (TPSA) is 111 Å². The molecule has 1 amide bonds. The minimum Gasteiger partial charge on any atom is -0.345 e. The molecule has 1 atom stereocenters. The van der Waals surface area contributed by atoms with Crippen molar-refractivity contribution in [3.05, 3.63) is 48.4 Å². The van der Waals surface area contributed by atoms with Crippen LogP contribution in [0.2, 0.25) is 0 Å². The molecule has 1 fully saturated rings. The van der Waals surface area contributed by atoms with E-state index in [-0.39, 0.29) is 19.0 Å². The molecule has 4 heterocycles. The van der Waals surface area contributed by atoms with Crippen molar-refractivity contribution >= 4 is 5.91 Å². The molecule has 1 aliphatic rings. The van der Waals surface area contributed by atoms with E-state index >= 15 is 0 Å². The van der Waals surface area contributed by atoms with Crippen LogP contribution in [0.3, 0.4) is 0 Å². The number of amides is 1. The number of piperidine rings is 1. The van der Waals surface area contributed by atoms with Crippen LogP contribution in [-0.4, -0.2) is 43.9 Å². The number of hydrogen-bond donors (Lipinski definition) is 2. The lowest BCUT2D eigenvalue weighted by molar-refractivity contribution is -0.122. The lowest BCUT2D eigenvalue weighted by atomic mass is 9.97. The summed E-state index contributed by atoms with van der Waals surface area (Å²) in [6.07, 6.45) is 7.47. The average molecular weight is 367 g/mol.